The second kappa shape index (κ2) is 7.31. The molecule has 2 amide bonds. The summed E-state index contributed by atoms with van der Waals surface area (Å²) in [6.07, 6.45) is 3.59. The summed E-state index contributed by atoms with van der Waals surface area (Å²) in [6, 6.07) is 5.92. The third-order valence-corrected chi connectivity index (χ3v) is 5.35. The van der Waals surface area contributed by atoms with Gasteiger partial charge in [-0.3, -0.25) is 9.59 Å². The van der Waals surface area contributed by atoms with Crippen LogP contribution < -0.4 is 0 Å². The predicted molar refractivity (Wildman–Crippen MR) is 93.9 cm³/mol. The van der Waals surface area contributed by atoms with Crippen LogP contribution in [0.5, 0.6) is 0 Å². The summed E-state index contributed by atoms with van der Waals surface area (Å²) in [5.74, 6) is -0.383. The number of thiazole rings is 1. The fourth-order valence-corrected chi connectivity index (χ4v) is 4.05. The van der Waals surface area contributed by atoms with Crippen molar-refractivity contribution in [1.82, 2.24) is 14.8 Å². The zero-order valence-corrected chi connectivity index (χ0v) is 15.1. The lowest BCUT2D eigenvalue weighted by Gasteiger charge is -2.23. The van der Waals surface area contributed by atoms with Gasteiger partial charge in [0, 0.05) is 20.6 Å². The first-order chi connectivity index (χ1) is 12.0. The van der Waals surface area contributed by atoms with Crippen LogP contribution in [0.15, 0.2) is 30.5 Å². The minimum atomic E-state index is -0.309. The van der Waals surface area contributed by atoms with Crippen molar-refractivity contribution in [3.05, 3.63) is 51.7 Å². The lowest BCUT2D eigenvalue weighted by atomic mass is 10.1. The molecule has 0 N–H and O–H groups in total. The van der Waals surface area contributed by atoms with E-state index in [-0.39, 0.29) is 30.1 Å². The standard InChI is InChI=1S/C18H20FN3O2S/c1-21(2)18(24)15-11-20-17(25-15)14-4-3-9-22(14)16(23)10-12-5-7-13(19)8-6-12/h5-8,11,14H,3-4,9-10H2,1-2H3/t14-/m1/s1. The van der Waals surface area contributed by atoms with E-state index in [1.165, 1.54) is 28.4 Å². The number of nitrogens with zero attached hydrogens (tertiary/aromatic N) is 3. The van der Waals surface area contributed by atoms with Crippen molar-refractivity contribution in [1.29, 1.82) is 0 Å². The van der Waals surface area contributed by atoms with Crippen LogP contribution in [0.3, 0.4) is 0 Å². The maximum absolute atomic E-state index is 13.0. The highest BCUT2D eigenvalue weighted by atomic mass is 32.1. The third kappa shape index (κ3) is 3.87. The molecule has 0 saturated carbocycles. The molecule has 2 heterocycles. The fraction of sp³-hybridized carbons (Fsp3) is 0.389. The van der Waals surface area contributed by atoms with Gasteiger partial charge in [-0.25, -0.2) is 9.37 Å². The Bertz CT molecular complexity index is 773. The van der Waals surface area contributed by atoms with Crippen LogP contribution in [-0.4, -0.2) is 47.2 Å². The smallest absolute Gasteiger partial charge is 0.265 e. The average molecular weight is 361 g/mol. The number of hydrogen-bond acceptors (Lipinski definition) is 4. The largest absolute Gasteiger partial charge is 0.344 e. The minimum Gasteiger partial charge on any atom is -0.344 e. The van der Waals surface area contributed by atoms with Crippen molar-refractivity contribution in [3.8, 4) is 0 Å². The molecule has 2 aromatic rings. The highest BCUT2D eigenvalue weighted by Gasteiger charge is 2.32. The maximum Gasteiger partial charge on any atom is 0.265 e. The Balaban J connectivity index is 1.73. The quantitative estimate of drug-likeness (QED) is 0.841. The number of likely N-dealkylation sites (tertiary alicyclic amines) is 1. The van der Waals surface area contributed by atoms with Gasteiger partial charge in [0.05, 0.1) is 18.7 Å². The van der Waals surface area contributed by atoms with Gasteiger partial charge in [-0.05, 0) is 30.5 Å². The second-order valence-corrected chi connectivity index (χ2v) is 7.37. The van der Waals surface area contributed by atoms with Gasteiger partial charge in [-0.1, -0.05) is 12.1 Å². The van der Waals surface area contributed by atoms with E-state index in [4.69, 9.17) is 0 Å². The van der Waals surface area contributed by atoms with Crippen molar-refractivity contribution in [2.45, 2.75) is 25.3 Å². The first-order valence-corrected chi connectivity index (χ1v) is 8.98. The second-order valence-electron chi connectivity index (χ2n) is 6.31. The Morgan fingerprint density at radius 1 is 1.32 bits per heavy atom. The Labute approximate surface area is 150 Å². The van der Waals surface area contributed by atoms with E-state index in [0.29, 0.717) is 11.4 Å². The SMILES string of the molecule is CN(C)C(=O)c1cnc([C@H]2CCCN2C(=O)Cc2ccc(F)cc2)s1. The van der Waals surface area contributed by atoms with Crippen LogP contribution in [0.25, 0.3) is 0 Å². The monoisotopic (exact) mass is 361 g/mol. The Kier molecular flexibility index (Phi) is 5.13. The number of benzene rings is 1. The molecule has 1 atom stereocenters. The molecule has 1 fully saturated rings. The highest BCUT2D eigenvalue weighted by Crippen LogP contribution is 2.34. The normalized spacial score (nSPS) is 16.9. The van der Waals surface area contributed by atoms with Gasteiger partial charge in [0.2, 0.25) is 5.91 Å². The molecule has 0 radical (unpaired) electrons. The molecule has 25 heavy (non-hydrogen) atoms. The Morgan fingerprint density at radius 3 is 2.72 bits per heavy atom. The van der Waals surface area contributed by atoms with E-state index in [0.717, 1.165) is 23.4 Å². The molecule has 3 rings (SSSR count). The summed E-state index contributed by atoms with van der Waals surface area (Å²) in [5.41, 5.74) is 0.791. The molecule has 0 unspecified atom stereocenters. The highest BCUT2D eigenvalue weighted by molar-refractivity contribution is 7.13. The predicted octanol–water partition coefficient (Wildman–Crippen LogP) is 2.89. The molecule has 1 saturated heterocycles. The number of aromatic nitrogens is 1. The number of carbonyl (C=O) groups excluding carboxylic acids is 2. The molecule has 0 aliphatic carbocycles. The molecule has 1 aliphatic heterocycles. The Hall–Kier alpha value is -2.28. The lowest BCUT2D eigenvalue weighted by Crippen LogP contribution is -2.31. The van der Waals surface area contributed by atoms with Gasteiger partial charge in [0.25, 0.3) is 5.91 Å². The van der Waals surface area contributed by atoms with Crippen molar-refractivity contribution in [2.24, 2.45) is 0 Å². The number of amides is 2. The summed E-state index contributed by atoms with van der Waals surface area (Å²) in [6.45, 7) is 0.682. The molecule has 1 aromatic heterocycles. The fourth-order valence-electron chi connectivity index (χ4n) is 2.96. The summed E-state index contributed by atoms with van der Waals surface area (Å²) in [5, 5.41) is 0.801. The van der Waals surface area contributed by atoms with Crippen molar-refractivity contribution in [2.75, 3.05) is 20.6 Å². The number of hydrogen-bond donors (Lipinski definition) is 0. The summed E-state index contributed by atoms with van der Waals surface area (Å²) in [4.78, 5) is 33.0. The molecule has 1 aliphatic rings. The minimum absolute atomic E-state index is 0.00444. The van der Waals surface area contributed by atoms with Crippen molar-refractivity contribution < 1.29 is 14.0 Å². The number of rotatable bonds is 4. The molecule has 0 bridgehead atoms. The van der Waals surface area contributed by atoms with E-state index < -0.39 is 0 Å². The lowest BCUT2D eigenvalue weighted by molar-refractivity contribution is -0.131. The van der Waals surface area contributed by atoms with Crippen LogP contribution in [-0.2, 0) is 11.2 Å². The van der Waals surface area contributed by atoms with Gasteiger partial charge in [0.15, 0.2) is 0 Å². The van der Waals surface area contributed by atoms with E-state index in [9.17, 15) is 14.0 Å². The Morgan fingerprint density at radius 2 is 2.04 bits per heavy atom. The van der Waals surface area contributed by atoms with Gasteiger partial charge >= 0.3 is 0 Å². The van der Waals surface area contributed by atoms with Crippen LogP contribution in [0, 0.1) is 5.82 Å². The first kappa shape index (κ1) is 17.5. The topological polar surface area (TPSA) is 53.5 Å². The van der Waals surface area contributed by atoms with Gasteiger partial charge < -0.3 is 9.80 Å². The van der Waals surface area contributed by atoms with Crippen molar-refractivity contribution in [3.63, 3.8) is 0 Å². The molecule has 1 aromatic carbocycles. The van der Waals surface area contributed by atoms with Crippen LogP contribution in [0.4, 0.5) is 4.39 Å². The molecule has 132 valence electrons. The van der Waals surface area contributed by atoms with E-state index in [2.05, 4.69) is 4.98 Å². The zero-order chi connectivity index (χ0) is 18.0. The molecule has 7 heteroatoms. The number of carbonyl (C=O) groups is 2. The molecular weight excluding hydrogens is 341 g/mol. The van der Waals surface area contributed by atoms with Crippen LogP contribution in [0.2, 0.25) is 0 Å². The summed E-state index contributed by atoms with van der Waals surface area (Å²) in [7, 11) is 3.41. The van der Waals surface area contributed by atoms with Crippen LogP contribution >= 0.6 is 11.3 Å². The first-order valence-electron chi connectivity index (χ1n) is 8.17. The molecular formula is C18H20FN3O2S. The molecule has 0 spiro atoms. The molecule has 5 nitrogen and oxygen atoms in total. The average Bonchev–Trinajstić information content (AvgIpc) is 3.24. The zero-order valence-electron chi connectivity index (χ0n) is 14.2. The number of halogens is 1. The van der Waals surface area contributed by atoms with E-state index in [1.807, 2.05) is 4.90 Å². The van der Waals surface area contributed by atoms with Crippen molar-refractivity contribution >= 4 is 23.2 Å². The summed E-state index contributed by atoms with van der Waals surface area (Å²) >= 11 is 1.35. The van der Waals surface area contributed by atoms with Crippen LogP contribution in [0.1, 0.15) is 39.1 Å². The van der Waals surface area contributed by atoms with E-state index >= 15 is 0 Å². The maximum atomic E-state index is 13.0. The van der Waals surface area contributed by atoms with Gasteiger partial charge in [-0.15, -0.1) is 11.3 Å². The summed E-state index contributed by atoms with van der Waals surface area (Å²) < 4.78 is 13.0. The third-order valence-electron chi connectivity index (χ3n) is 4.27. The van der Waals surface area contributed by atoms with Gasteiger partial charge in [0.1, 0.15) is 15.7 Å². The van der Waals surface area contributed by atoms with E-state index in [1.54, 1.807) is 32.4 Å². The van der Waals surface area contributed by atoms with Gasteiger partial charge in [-0.2, -0.15) is 0 Å².